The lowest BCUT2D eigenvalue weighted by molar-refractivity contribution is -0.113. The maximum absolute atomic E-state index is 12.4. The van der Waals surface area contributed by atoms with Crippen LogP contribution < -0.4 is 10.1 Å². The Bertz CT molecular complexity index is 1270. The van der Waals surface area contributed by atoms with Gasteiger partial charge in [0.05, 0.1) is 23.4 Å². The number of nitrogens with zero attached hydrogens (tertiary/aromatic N) is 6. The lowest BCUT2D eigenvalue weighted by atomic mass is 10.3. The zero-order valence-corrected chi connectivity index (χ0v) is 18.8. The molecule has 0 fully saturated rings. The predicted octanol–water partition coefficient (Wildman–Crippen LogP) is 3.65. The third kappa shape index (κ3) is 4.76. The van der Waals surface area contributed by atoms with E-state index in [2.05, 4.69) is 32.4 Å². The summed E-state index contributed by atoms with van der Waals surface area (Å²) in [5.41, 5.74) is 2.31. The first kappa shape index (κ1) is 21.8. The Morgan fingerprint density at radius 3 is 2.88 bits per heavy atom. The summed E-state index contributed by atoms with van der Waals surface area (Å²) in [6.45, 7) is 4.72. The minimum atomic E-state index is -0.187. The topological polar surface area (TPSA) is 99.8 Å². The molecule has 4 rings (SSSR count). The molecular weight excluding hydrogens is 450 g/mol. The van der Waals surface area contributed by atoms with Crippen LogP contribution in [0.3, 0.4) is 0 Å². The number of para-hydroxylation sites is 1. The summed E-state index contributed by atoms with van der Waals surface area (Å²) in [4.78, 5) is 12.4. The lowest BCUT2D eigenvalue weighted by Gasteiger charge is -2.09. The monoisotopic (exact) mass is 469 g/mol. The Morgan fingerprint density at radius 1 is 1.25 bits per heavy atom. The van der Waals surface area contributed by atoms with Crippen LogP contribution in [0.2, 0.25) is 5.02 Å². The van der Waals surface area contributed by atoms with Crippen molar-refractivity contribution in [1.29, 1.82) is 0 Å². The summed E-state index contributed by atoms with van der Waals surface area (Å²) in [6.07, 6.45) is 1.76. The van der Waals surface area contributed by atoms with Crippen molar-refractivity contribution in [2.45, 2.75) is 18.2 Å². The molecule has 0 bridgehead atoms. The number of benzene rings is 2. The minimum Gasteiger partial charge on any atom is -0.495 e. The van der Waals surface area contributed by atoms with Gasteiger partial charge >= 0.3 is 0 Å². The number of carbonyl (C=O) groups is 1. The molecule has 11 heteroatoms. The molecule has 0 aliphatic carbocycles. The number of hydrogen-bond acceptors (Lipinski definition) is 7. The number of ether oxygens (including phenoxy) is 1. The molecular formula is C21H20ClN7O2S. The largest absolute Gasteiger partial charge is 0.495 e. The van der Waals surface area contributed by atoms with Crippen LogP contribution in [0, 0.1) is 0 Å². The first-order valence-corrected chi connectivity index (χ1v) is 11.0. The van der Waals surface area contributed by atoms with Gasteiger partial charge in [-0.15, -0.1) is 21.9 Å². The molecule has 164 valence electrons. The van der Waals surface area contributed by atoms with E-state index in [0.29, 0.717) is 40.5 Å². The van der Waals surface area contributed by atoms with E-state index >= 15 is 0 Å². The highest BCUT2D eigenvalue weighted by atomic mass is 35.5. The van der Waals surface area contributed by atoms with Gasteiger partial charge in [0.15, 0.2) is 11.0 Å². The first-order chi connectivity index (χ1) is 15.6. The highest BCUT2D eigenvalue weighted by Gasteiger charge is 2.16. The molecule has 32 heavy (non-hydrogen) atoms. The van der Waals surface area contributed by atoms with Gasteiger partial charge in [0, 0.05) is 12.2 Å². The number of allylic oxidation sites excluding steroid dienone is 1. The number of aromatic nitrogens is 6. The standard InChI is InChI=1S/C21H20ClN7O2S/c1-3-10-28-19(12-29-17-7-5-4-6-16(17)24-27-29)25-26-21(28)32-13-20(30)23-14-8-9-18(31-2)15(22)11-14/h3-9,11H,1,10,12-13H2,2H3,(H,23,30). The number of halogens is 1. The van der Waals surface area contributed by atoms with Gasteiger partial charge in [0.2, 0.25) is 5.91 Å². The van der Waals surface area contributed by atoms with E-state index in [4.69, 9.17) is 16.3 Å². The number of anilines is 1. The zero-order valence-electron chi connectivity index (χ0n) is 17.2. The van der Waals surface area contributed by atoms with E-state index < -0.39 is 0 Å². The van der Waals surface area contributed by atoms with Crippen LogP contribution in [-0.2, 0) is 17.9 Å². The van der Waals surface area contributed by atoms with E-state index in [9.17, 15) is 4.79 Å². The molecule has 0 saturated heterocycles. The molecule has 0 spiro atoms. The van der Waals surface area contributed by atoms with Gasteiger partial charge in [-0.25, -0.2) is 4.68 Å². The van der Waals surface area contributed by atoms with Crippen LogP contribution in [0.15, 0.2) is 60.3 Å². The number of thioether (sulfide) groups is 1. The molecule has 1 N–H and O–H groups in total. The van der Waals surface area contributed by atoms with Crippen molar-refractivity contribution in [2.75, 3.05) is 18.2 Å². The number of nitrogens with one attached hydrogen (secondary N) is 1. The third-order valence-electron chi connectivity index (χ3n) is 4.58. The quantitative estimate of drug-likeness (QED) is 0.295. The van der Waals surface area contributed by atoms with E-state index in [1.54, 1.807) is 29.0 Å². The van der Waals surface area contributed by atoms with Crippen molar-refractivity contribution in [2.24, 2.45) is 0 Å². The van der Waals surface area contributed by atoms with Gasteiger partial charge in [-0.3, -0.25) is 4.79 Å². The second kappa shape index (κ2) is 9.84. The summed E-state index contributed by atoms with van der Waals surface area (Å²) in [7, 11) is 1.54. The maximum atomic E-state index is 12.4. The average molecular weight is 470 g/mol. The fourth-order valence-corrected chi connectivity index (χ4v) is 4.12. The summed E-state index contributed by atoms with van der Waals surface area (Å²) in [5.74, 6) is 1.22. The van der Waals surface area contributed by atoms with Crippen molar-refractivity contribution < 1.29 is 9.53 Å². The van der Waals surface area contributed by atoms with Gasteiger partial charge in [0.25, 0.3) is 0 Å². The average Bonchev–Trinajstić information content (AvgIpc) is 3.37. The van der Waals surface area contributed by atoms with Crippen molar-refractivity contribution in [1.82, 2.24) is 29.8 Å². The molecule has 0 unspecified atom stereocenters. The van der Waals surface area contributed by atoms with E-state index in [-0.39, 0.29) is 11.7 Å². The third-order valence-corrected chi connectivity index (χ3v) is 5.85. The molecule has 1 amide bonds. The van der Waals surface area contributed by atoms with Gasteiger partial charge in [-0.1, -0.05) is 46.8 Å². The van der Waals surface area contributed by atoms with Crippen LogP contribution in [0.1, 0.15) is 5.82 Å². The van der Waals surface area contributed by atoms with E-state index in [1.165, 1.54) is 18.9 Å². The lowest BCUT2D eigenvalue weighted by Crippen LogP contribution is -2.15. The van der Waals surface area contributed by atoms with Crippen LogP contribution in [0.4, 0.5) is 5.69 Å². The fourth-order valence-electron chi connectivity index (χ4n) is 3.09. The zero-order chi connectivity index (χ0) is 22.5. The minimum absolute atomic E-state index is 0.158. The molecule has 0 saturated carbocycles. The summed E-state index contributed by atoms with van der Waals surface area (Å²) >= 11 is 7.40. The first-order valence-electron chi connectivity index (χ1n) is 9.66. The molecule has 0 atom stereocenters. The van der Waals surface area contributed by atoms with Crippen LogP contribution >= 0.6 is 23.4 Å². The normalized spacial score (nSPS) is 10.9. The molecule has 0 aliphatic heterocycles. The smallest absolute Gasteiger partial charge is 0.234 e. The van der Waals surface area contributed by atoms with Crippen molar-refractivity contribution in [3.05, 3.63) is 66.0 Å². The molecule has 0 aliphatic rings. The molecule has 2 aromatic carbocycles. The maximum Gasteiger partial charge on any atom is 0.234 e. The van der Waals surface area contributed by atoms with Gasteiger partial charge in [0.1, 0.15) is 17.8 Å². The number of fused-ring (bicyclic) bond motifs is 1. The van der Waals surface area contributed by atoms with Crippen LogP contribution in [0.5, 0.6) is 5.75 Å². The fraction of sp³-hybridized carbons (Fsp3) is 0.190. The Labute approximate surface area is 193 Å². The second-order valence-electron chi connectivity index (χ2n) is 6.72. The van der Waals surface area contributed by atoms with Crippen molar-refractivity contribution >= 4 is 46.0 Å². The summed E-state index contributed by atoms with van der Waals surface area (Å²) in [6, 6.07) is 12.8. The highest BCUT2D eigenvalue weighted by Crippen LogP contribution is 2.27. The highest BCUT2D eigenvalue weighted by molar-refractivity contribution is 7.99. The number of carbonyl (C=O) groups excluding carboxylic acids is 1. The molecule has 0 radical (unpaired) electrons. The van der Waals surface area contributed by atoms with Gasteiger partial charge in [-0.2, -0.15) is 0 Å². The van der Waals surface area contributed by atoms with Crippen LogP contribution in [-0.4, -0.2) is 48.5 Å². The Morgan fingerprint density at radius 2 is 2.09 bits per heavy atom. The SMILES string of the molecule is C=CCn1c(Cn2nnc3ccccc32)nnc1SCC(=O)Nc1ccc(OC)c(Cl)c1. The van der Waals surface area contributed by atoms with Crippen LogP contribution in [0.25, 0.3) is 11.0 Å². The van der Waals surface area contributed by atoms with Gasteiger partial charge < -0.3 is 14.6 Å². The second-order valence-corrected chi connectivity index (χ2v) is 8.07. The molecule has 9 nitrogen and oxygen atoms in total. The Hall–Kier alpha value is -3.37. The summed E-state index contributed by atoms with van der Waals surface area (Å²) in [5, 5.41) is 20.8. The molecule has 2 aromatic heterocycles. The predicted molar refractivity (Wildman–Crippen MR) is 124 cm³/mol. The molecule has 2 heterocycles. The Balaban J connectivity index is 1.44. The van der Waals surface area contributed by atoms with Gasteiger partial charge in [-0.05, 0) is 30.3 Å². The number of methoxy groups -OCH3 is 1. The number of hydrogen-bond donors (Lipinski definition) is 1. The summed E-state index contributed by atoms with van der Waals surface area (Å²) < 4.78 is 8.80. The van der Waals surface area contributed by atoms with E-state index in [0.717, 1.165) is 11.0 Å². The number of rotatable bonds is 9. The Kier molecular flexibility index (Phi) is 6.72. The van der Waals surface area contributed by atoms with Crippen molar-refractivity contribution in [3.63, 3.8) is 0 Å². The number of amides is 1. The van der Waals surface area contributed by atoms with Crippen molar-refractivity contribution in [3.8, 4) is 5.75 Å². The van der Waals surface area contributed by atoms with E-state index in [1.807, 2.05) is 28.8 Å². The molecule has 4 aromatic rings.